The van der Waals surface area contributed by atoms with Crippen molar-refractivity contribution in [2.24, 2.45) is 0 Å². The molecule has 0 unspecified atom stereocenters. The second kappa shape index (κ2) is 8.06. The fourth-order valence-corrected chi connectivity index (χ4v) is 3.22. The van der Waals surface area contributed by atoms with E-state index in [2.05, 4.69) is 44.6 Å². The molecule has 0 aliphatic carbocycles. The van der Waals surface area contributed by atoms with Gasteiger partial charge < -0.3 is 5.32 Å². The highest BCUT2D eigenvalue weighted by atomic mass is 16.2. The van der Waals surface area contributed by atoms with Crippen LogP contribution >= 0.6 is 0 Å². The van der Waals surface area contributed by atoms with E-state index in [0.717, 1.165) is 19.5 Å². The van der Waals surface area contributed by atoms with Crippen LogP contribution in [0.4, 0.5) is 0 Å². The number of piperidine rings is 1. The Morgan fingerprint density at radius 3 is 2.92 bits per heavy atom. The molecule has 1 amide bonds. The highest BCUT2D eigenvalue weighted by Gasteiger charge is 2.24. The molecule has 0 bridgehead atoms. The third-order valence-corrected chi connectivity index (χ3v) is 4.70. The van der Waals surface area contributed by atoms with Crippen molar-refractivity contribution in [3.63, 3.8) is 0 Å². The molecule has 6 nitrogen and oxygen atoms in total. The number of hydrogen-bond acceptors (Lipinski definition) is 4. The first-order chi connectivity index (χ1) is 11.7. The van der Waals surface area contributed by atoms with Gasteiger partial charge in [-0.15, -0.1) is 0 Å². The summed E-state index contributed by atoms with van der Waals surface area (Å²) >= 11 is 0. The van der Waals surface area contributed by atoms with E-state index >= 15 is 0 Å². The van der Waals surface area contributed by atoms with Gasteiger partial charge in [-0.25, -0.2) is 9.67 Å². The van der Waals surface area contributed by atoms with Crippen molar-refractivity contribution in [2.45, 2.75) is 44.8 Å². The lowest BCUT2D eigenvalue weighted by Crippen LogP contribution is -2.47. The van der Waals surface area contributed by atoms with E-state index in [-0.39, 0.29) is 11.9 Å². The molecular weight excluding hydrogens is 302 g/mol. The SMILES string of the molecule is C[C@H](C(=O)NC[C@H]1CCCCN1Cc1ccccc1)n1cncn1. The third-order valence-electron chi connectivity index (χ3n) is 4.70. The maximum atomic E-state index is 12.3. The average molecular weight is 327 g/mol. The first-order valence-electron chi connectivity index (χ1n) is 8.64. The fourth-order valence-electron chi connectivity index (χ4n) is 3.22. The van der Waals surface area contributed by atoms with E-state index in [1.807, 2.05) is 13.0 Å². The van der Waals surface area contributed by atoms with Crippen LogP contribution in [0, 0.1) is 0 Å². The van der Waals surface area contributed by atoms with Crippen molar-refractivity contribution in [3.05, 3.63) is 48.5 Å². The molecule has 128 valence electrons. The Kier molecular flexibility index (Phi) is 5.59. The van der Waals surface area contributed by atoms with E-state index in [1.165, 1.54) is 24.7 Å². The molecule has 1 N–H and O–H groups in total. The number of benzene rings is 1. The summed E-state index contributed by atoms with van der Waals surface area (Å²) in [5.74, 6) is -0.00858. The second-order valence-electron chi connectivity index (χ2n) is 6.40. The van der Waals surface area contributed by atoms with Crippen molar-refractivity contribution in [1.29, 1.82) is 0 Å². The summed E-state index contributed by atoms with van der Waals surface area (Å²) in [7, 11) is 0. The van der Waals surface area contributed by atoms with E-state index in [0.29, 0.717) is 12.6 Å². The summed E-state index contributed by atoms with van der Waals surface area (Å²) in [4.78, 5) is 18.7. The molecule has 1 aromatic heterocycles. The summed E-state index contributed by atoms with van der Waals surface area (Å²) in [6, 6.07) is 10.6. The van der Waals surface area contributed by atoms with Crippen LogP contribution in [0.5, 0.6) is 0 Å². The lowest BCUT2D eigenvalue weighted by Gasteiger charge is -2.36. The highest BCUT2D eigenvalue weighted by Crippen LogP contribution is 2.19. The number of likely N-dealkylation sites (tertiary alicyclic amines) is 1. The van der Waals surface area contributed by atoms with E-state index in [4.69, 9.17) is 0 Å². The number of nitrogens with zero attached hydrogens (tertiary/aromatic N) is 4. The zero-order chi connectivity index (χ0) is 16.8. The van der Waals surface area contributed by atoms with Gasteiger partial charge in [-0.3, -0.25) is 9.69 Å². The van der Waals surface area contributed by atoms with Gasteiger partial charge in [0.05, 0.1) is 0 Å². The zero-order valence-electron chi connectivity index (χ0n) is 14.1. The number of carbonyl (C=O) groups excluding carboxylic acids is 1. The van der Waals surface area contributed by atoms with Crippen LogP contribution in [0.15, 0.2) is 43.0 Å². The summed E-state index contributed by atoms with van der Waals surface area (Å²) in [6.45, 7) is 4.56. The number of nitrogens with one attached hydrogen (secondary N) is 1. The van der Waals surface area contributed by atoms with E-state index < -0.39 is 0 Å². The second-order valence-corrected chi connectivity index (χ2v) is 6.40. The maximum absolute atomic E-state index is 12.3. The summed E-state index contributed by atoms with van der Waals surface area (Å²) < 4.78 is 1.58. The maximum Gasteiger partial charge on any atom is 0.244 e. The fraction of sp³-hybridized carbons (Fsp3) is 0.500. The molecule has 1 aliphatic rings. The van der Waals surface area contributed by atoms with Gasteiger partial charge >= 0.3 is 0 Å². The first kappa shape index (κ1) is 16.6. The van der Waals surface area contributed by atoms with Gasteiger partial charge in [0, 0.05) is 19.1 Å². The minimum atomic E-state index is -0.335. The smallest absolute Gasteiger partial charge is 0.244 e. The Bertz CT molecular complexity index is 628. The predicted molar refractivity (Wildman–Crippen MR) is 92.2 cm³/mol. The molecule has 0 radical (unpaired) electrons. The quantitative estimate of drug-likeness (QED) is 0.881. The number of aromatic nitrogens is 3. The minimum absolute atomic E-state index is 0.00858. The zero-order valence-corrected chi connectivity index (χ0v) is 14.1. The molecule has 3 rings (SSSR count). The van der Waals surface area contributed by atoms with Crippen LogP contribution in [0.1, 0.15) is 37.8 Å². The molecule has 1 saturated heterocycles. The molecule has 0 saturated carbocycles. The number of hydrogen-bond donors (Lipinski definition) is 1. The van der Waals surface area contributed by atoms with Crippen LogP contribution in [0.25, 0.3) is 0 Å². The summed E-state index contributed by atoms with van der Waals surface area (Å²) in [5.41, 5.74) is 1.33. The number of carbonyl (C=O) groups is 1. The number of amides is 1. The van der Waals surface area contributed by atoms with Gasteiger partial charge in [-0.1, -0.05) is 36.8 Å². The number of rotatable bonds is 6. The predicted octanol–water partition coefficient (Wildman–Crippen LogP) is 2.01. The lowest BCUT2D eigenvalue weighted by molar-refractivity contribution is -0.124. The van der Waals surface area contributed by atoms with Gasteiger partial charge in [0.1, 0.15) is 18.7 Å². The van der Waals surface area contributed by atoms with Crippen molar-refractivity contribution in [3.8, 4) is 0 Å². The molecule has 1 aliphatic heterocycles. The minimum Gasteiger partial charge on any atom is -0.353 e. The molecule has 2 atom stereocenters. The normalized spacial score (nSPS) is 19.8. The van der Waals surface area contributed by atoms with Crippen molar-refractivity contribution in [1.82, 2.24) is 25.0 Å². The largest absolute Gasteiger partial charge is 0.353 e. The van der Waals surface area contributed by atoms with Crippen molar-refractivity contribution in [2.75, 3.05) is 13.1 Å². The molecule has 1 aromatic carbocycles. The van der Waals surface area contributed by atoms with E-state index in [9.17, 15) is 4.79 Å². The molecule has 6 heteroatoms. The van der Waals surface area contributed by atoms with Crippen LogP contribution in [0.3, 0.4) is 0 Å². The molecule has 2 heterocycles. The highest BCUT2D eigenvalue weighted by molar-refractivity contribution is 5.79. The van der Waals surface area contributed by atoms with Crippen LogP contribution in [0.2, 0.25) is 0 Å². The van der Waals surface area contributed by atoms with Gasteiger partial charge in [0.25, 0.3) is 0 Å². The molecule has 24 heavy (non-hydrogen) atoms. The topological polar surface area (TPSA) is 63.1 Å². The van der Waals surface area contributed by atoms with Crippen molar-refractivity contribution >= 4 is 5.91 Å². The Morgan fingerprint density at radius 1 is 1.33 bits per heavy atom. The standard InChI is InChI=1S/C18H25N5O/c1-15(23-14-19-13-21-23)18(24)20-11-17-9-5-6-10-22(17)12-16-7-3-2-4-8-16/h2-4,7-8,13-15,17H,5-6,9-12H2,1H3,(H,20,24)/t15-,17-/m1/s1. The van der Waals surface area contributed by atoms with Crippen molar-refractivity contribution < 1.29 is 4.79 Å². The van der Waals surface area contributed by atoms with Gasteiger partial charge in [-0.2, -0.15) is 5.10 Å². The molecule has 0 spiro atoms. The Morgan fingerprint density at radius 2 is 2.17 bits per heavy atom. The first-order valence-corrected chi connectivity index (χ1v) is 8.64. The van der Waals surface area contributed by atoms with Crippen LogP contribution in [-0.2, 0) is 11.3 Å². The Hall–Kier alpha value is -2.21. The molecule has 2 aromatic rings. The van der Waals surface area contributed by atoms with Crippen LogP contribution < -0.4 is 5.32 Å². The lowest BCUT2D eigenvalue weighted by atomic mass is 10.0. The average Bonchev–Trinajstić information content (AvgIpc) is 3.15. The summed E-state index contributed by atoms with van der Waals surface area (Å²) in [6.07, 6.45) is 6.61. The molecular formula is C18H25N5O. The van der Waals surface area contributed by atoms with Gasteiger partial charge in [-0.05, 0) is 31.9 Å². The van der Waals surface area contributed by atoms with Gasteiger partial charge in [0.15, 0.2) is 0 Å². The summed E-state index contributed by atoms with van der Waals surface area (Å²) in [5, 5.41) is 7.12. The monoisotopic (exact) mass is 327 g/mol. The third kappa shape index (κ3) is 4.20. The molecule has 1 fully saturated rings. The Labute approximate surface area is 142 Å². The van der Waals surface area contributed by atoms with E-state index in [1.54, 1.807) is 11.0 Å². The Balaban J connectivity index is 1.55. The van der Waals surface area contributed by atoms with Gasteiger partial charge in [0.2, 0.25) is 5.91 Å². The van der Waals surface area contributed by atoms with Crippen LogP contribution in [-0.4, -0.2) is 44.7 Å².